The number of ketones is 1. The van der Waals surface area contributed by atoms with Crippen LogP contribution in [-0.4, -0.2) is 71.4 Å². The molecule has 0 unspecified atom stereocenters. The molecule has 1 aromatic heterocycles. The molecule has 1 aliphatic rings. The van der Waals surface area contributed by atoms with Crippen LogP contribution in [0.15, 0.2) is 107 Å². The minimum atomic E-state index is -3.88. The van der Waals surface area contributed by atoms with Crippen LogP contribution in [0.3, 0.4) is 0 Å². The molecule has 1 aliphatic heterocycles. The van der Waals surface area contributed by atoms with Crippen molar-refractivity contribution in [3.05, 3.63) is 124 Å². The van der Waals surface area contributed by atoms with Crippen molar-refractivity contribution >= 4 is 50.1 Å². The summed E-state index contributed by atoms with van der Waals surface area (Å²) in [5, 5.41) is -0.0244. The molecule has 4 atom stereocenters. The number of ether oxygens (including phenoxy) is 4. The molecular formula is C35H34GeN2O10. The molecule has 1 N–H and O–H groups in total. The first-order valence-electron chi connectivity index (χ1n) is 15.2. The van der Waals surface area contributed by atoms with Crippen molar-refractivity contribution in [3.8, 4) is 0 Å². The normalized spacial score (nSPS) is 18.9. The SMILES string of the molecule is CC(=O)OC[C@H]1O[C@@H](n2cc(C(=O)[CH2][Ge]([c]3ccccc3)([c]3ccccc3)[c]3ccccc3)c(=O)[nH]c2=O)[C@@H](OC(C)=O)[C@@H]1OC(C)=O. The number of benzene rings is 3. The molecule has 4 aromatic rings. The fourth-order valence-corrected chi connectivity index (χ4v) is 15.7. The van der Waals surface area contributed by atoms with Gasteiger partial charge < -0.3 is 0 Å². The first kappa shape index (κ1) is 34.3. The summed E-state index contributed by atoms with van der Waals surface area (Å²) in [6, 6.07) is 29.1. The summed E-state index contributed by atoms with van der Waals surface area (Å²) in [6.45, 7) is 3.03. The number of rotatable bonds is 11. The third-order valence-corrected chi connectivity index (χ3v) is 18.2. The Hall–Kier alpha value is -5.08. The first-order chi connectivity index (χ1) is 23.0. The van der Waals surface area contributed by atoms with E-state index in [1.165, 1.54) is 6.92 Å². The number of carbonyl (C=O) groups excluding carboxylic acids is 4. The van der Waals surface area contributed by atoms with Crippen LogP contribution in [0.4, 0.5) is 0 Å². The van der Waals surface area contributed by atoms with Crippen molar-refractivity contribution in [2.24, 2.45) is 0 Å². The van der Waals surface area contributed by atoms with Crippen LogP contribution in [0.25, 0.3) is 0 Å². The Morgan fingerprint density at radius 2 is 1.21 bits per heavy atom. The third kappa shape index (κ3) is 7.24. The molecule has 0 spiro atoms. The van der Waals surface area contributed by atoms with E-state index in [-0.39, 0.29) is 10.8 Å². The zero-order valence-corrected chi connectivity index (χ0v) is 28.6. The van der Waals surface area contributed by atoms with Crippen LogP contribution < -0.4 is 24.4 Å². The number of aromatic nitrogens is 2. The van der Waals surface area contributed by atoms with Crippen LogP contribution in [0.5, 0.6) is 0 Å². The summed E-state index contributed by atoms with van der Waals surface area (Å²) in [5.74, 6) is -2.69. The maximum absolute atomic E-state index is 14.4. The Labute approximate surface area is 278 Å². The number of hydrogen-bond donors (Lipinski definition) is 1. The van der Waals surface area contributed by atoms with E-state index in [2.05, 4.69) is 4.98 Å². The molecule has 5 rings (SSSR count). The molecule has 248 valence electrons. The van der Waals surface area contributed by atoms with Gasteiger partial charge in [0.15, 0.2) is 0 Å². The van der Waals surface area contributed by atoms with Gasteiger partial charge in [-0.05, 0) is 0 Å². The van der Waals surface area contributed by atoms with Gasteiger partial charge in [-0.1, -0.05) is 0 Å². The van der Waals surface area contributed by atoms with Crippen molar-refractivity contribution in [2.45, 2.75) is 50.6 Å². The molecule has 12 nitrogen and oxygen atoms in total. The number of Topliss-reactive ketones (excluding diaryl/α,β-unsaturated/α-hetero) is 1. The Balaban J connectivity index is 1.62. The summed E-state index contributed by atoms with van der Waals surface area (Å²) in [7, 11) is 0. The molecule has 0 aliphatic carbocycles. The van der Waals surface area contributed by atoms with Gasteiger partial charge in [-0.25, -0.2) is 0 Å². The van der Waals surface area contributed by atoms with Crippen molar-refractivity contribution < 1.29 is 38.1 Å². The van der Waals surface area contributed by atoms with E-state index in [4.69, 9.17) is 18.9 Å². The second-order valence-electron chi connectivity index (χ2n) is 11.3. The second kappa shape index (κ2) is 14.8. The molecular weight excluding hydrogens is 681 g/mol. The Morgan fingerprint density at radius 1 is 0.729 bits per heavy atom. The zero-order chi connectivity index (χ0) is 34.4. The molecule has 1 fully saturated rings. The van der Waals surface area contributed by atoms with Crippen LogP contribution in [-0.2, 0) is 33.3 Å². The van der Waals surface area contributed by atoms with Crippen LogP contribution in [0.1, 0.15) is 37.4 Å². The van der Waals surface area contributed by atoms with Crippen LogP contribution >= 0.6 is 0 Å². The predicted molar refractivity (Wildman–Crippen MR) is 176 cm³/mol. The van der Waals surface area contributed by atoms with E-state index in [9.17, 15) is 28.8 Å². The van der Waals surface area contributed by atoms with Gasteiger partial charge in [0.2, 0.25) is 0 Å². The number of esters is 3. The molecule has 3 aromatic carbocycles. The summed E-state index contributed by atoms with van der Waals surface area (Å²) < 4.78 is 25.8. The molecule has 0 amide bonds. The molecule has 1 saturated heterocycles. The van der Waals surface area contributed by atoms with Crippen LogP contribution in [0.2, 0.25) is 5.25 Å². The molecule has 48 heavy (non-hydrogen) atoms. The predicted octanol–water partition coefficient (Wildman–Crippen LogP) is 1.21. The van der Waals surface area contributed by atoms with Gasteiger partial charge in [-0.3, -0.25) is 0 Å². The number of nitrogens with zero attached hydrogens (tertiary/aromatic N) is 1. The number of H-pyrrole nitrogens is 1. The summed E-state index contributed by atoms with van der Waals surface area (Å²) in [4.78, 5) is 79.0. The third-order valence-electron chi connectivity index (χ3n) is 8.11. The van der Waals surface area contributed by atoms with E-state index in [0.29, 0.717) is 0 Å². The topological polar surface area (TPSA) is 160 Å². The Bertz CT molecular complexity index is 1810. The van der Waals surface area contributed by atoms with Crippen molar-refractivity contribution in [1.82, 2.24) is 9.55 Å². The minimum absolute atomic E-state index is 0.0244. The van der Waals surface area contributed by atoms with Crippen molar-refractivity contribution in [1.29, 1.82) is 0 Å². The van der Waals surface area contributed by atoms with E-state index in [1.54, 1.807) is 0 Å². The first-order valence-corrected chi connectivity index (χ1v) is 19.8. The standard InChI is InChI=1S/C35H34GeN2O10/c1-22(39)45-21-30-31(46-23(2)40)32(47-24(3)41)34(48-30)38-20-28(33(43)37-35(38)44)29(42)19-36(25-13-7-4-8-14-25,26-15-9-5-10-16-26)27-17-11-6-12-18-27/h4-18,20,30-32,34H,19,21H2,1-3H3,(H,37,43,44)/t30-,31-,32+,34-/m1/s1. The second-order valence-corrected chi connectivity index (χ2v) is 19.5. The molecule has 0 bridgehead atoms. The van der Waals surface area contributed by atoms with Gasteiger partial charge in [0.1, 0.15) is 0 Å². The van der Waals surface area contributed by atoms with Gasteiger partial charge in [-0.2, -0.15) is 0 Å². The van der Waals surface area contributed by atoms with Gasteiger partial charge in [0.25, 0.3) is 0 Å². The molecule has 13 heteroatoms. The molecule has 0 saturated carbocycles. The van der Waals surface area contributed by atoms with E-state index >= 15 is 0 Å². The van der Waals surface area contributed by atoms with Crippen molar-refractivity contribution in [3.63, 3.8) is 0 Å². The quantitative estimate of drug-likeness (QED) is 0.104. The number of aromatic amines is 1. The number of hydrogen-bond acceptors (Lipinski definition) is 10. The summed E-state index contributed by atoms with van der Waals surface area (Å²) >= 11 is -3.88. The van der Waals surface area contributed by atoms with Gasteiger partial charge in [0, 0.05) is 0 Å². The fraction of sp³-hybridized carbons (Fsp3) is 0.257. The molecule has 2 heterocycles. The zero-order valence-electron chi connectivity index (χ0n) is 26.5. The van der Waals surface area contributed by atoms with Crippen molar-refractivity contribution in [2.75, 3.05) is 6.61 Å². The summed E-state index contributed by atoms with van der Waals surface area (Å²) in [5.41, 5.74) is -2.18. The average molecular weight is 715 g/mol. The maximum atomic E-state index is 14.4. The fourth-order valence-electron chi connectivity index (χ4n) is 6.10. The van der Waals surface area contributed by atoms with E-state index in [0.717, 1.165) is 37.8 Å². The Morgan fingerprint density at radius 3 is 1.67 bits per heavy atom. The number of carbonyl (C=O) groups is 4. The monoisotopic (exact) mass is 716 g/mol. The van der Waals surface area contributed by atoms with Crippen LogP contribution in [0, 0.1) is 0 Å². The summed E-state index contributed by atoms with van der Waals surface area (Å²) in [6.07, 6.45) is -4.21. The van der Waals surface area contributed by atoms with Gasteiger partial charge >= 0.3 is 279 Å². The van der Waals surface area contributed by atoms with E-state index in [1.807, 2.05) is 91.0 Å². The Kier molecular flexibility index (Phi) is 10.5. The number of nitrogens with one attached hydrogen (secondary N) is 1. The van der Waals surface area contributed by atoms with Gasteiger partial charge in [0.05, 0.1) is 0 Å². The average Bonchev–Trinajstić information content (AvgIpc) is 3.38. The molecule has 0 radical (unpaired) electrons. The van der Waals surface area contributed by atoms with Gasteiger partial charge in [-0.15, -0.1) is 0 Å². The van der Waals surface area contributed by atoms with E-state index < -0.39 is 79.4 Å².